The maximum absolute atomic E-state index is 11.4. The Morgan fingerprint density at radius 3 is 2.40 bits per heavy atom. The van der Waals surface area contributed by atoms with Gasteiger partial charge in [-0.2, -0.15) is 0 Å². The van der Waals surface area contributed by atoms with Crippen LogP contribution in [-0.2, 0) is 14.1 Å². The second-order valence-electron chi connectivity index (χ2n) is 7.11. The van der Waals surface area contributed by atoms with Gasteiger partial charge in [0.15, 0.2) is 0 Å². The lowest BCUT2D eigenvalue weighted by Crippen LogP contribution is -2.41. The van der Waals surface area contributed by atoms with Crippen molar-refractivity contribution in [3.05, 3.63) is 33.7 Å². The summed E-state index contributed by atoms with van der Waals surface area (Å²) in [5.41, 5.74) is 0.905. The fraction of sp³-hybridized carbons (Fsp3) is 0.500. The number of ether oxygens (including phenoxy) is 1. The van der Waals surface area contributed by atoms with E-state index in [4.69, 9.17) is 14.0 Å². The predicted molar refractivity (Wildman–Crippen MR) is 103 cm³/mol. The summed E-state index contributed by atoms with van der Waals surface area (Å²) >= 11 is 3.45. The SMILES string of the molecule is COc1cc(C=C(CNC(C)=O)B2OC(C)(C)C(C)(C)O2)ccc1Br. The van der Waals surface area contributed by atoms with Crippen LogP contribution in [0.3, 0.4) is 0 Å². The van der Waals surface area contributed by atoms with E-state index < -0.39 is 18.3 Å². The minimum absolute atomic E-state index is 0.101. The van der Waals surface area contributed by atoms with Crippen LogP contribution in [0.4, 0.5) is 0 Å². The molecule has 1 fully saturated rings. The second kappa shape index (κ2) is 7.52. The molecule has 5 nitrogen and oxygen atoms in total. The predicted octanol–water partition coefficient (Wildman–Crippen LogP) is 3.61. The first-order chi connectivity index (χ1) is 11.6. The van der Waals surface area contributed by atoms with Gasteiger partial charge in [0.05, 0.1) is 22.8 Å². The first-order valence-electron chi connectivity index (χ1n) is 8.20. The monoisotopic (exact) mass is 409 g/mol. The number of methoxy groups -OCH3 is 1. The number of carbonyl (C=O) groups excluding carboxylic acids is 1. The number of hydrogen-bond acceptors (Lipinski definition) is 4. The van der Waals surface area contributed by atoms with Gasteiger partial charge in [-0.3, -0.25) is 4.79 Å². The van der Waals surface area contributed by atoms with Crippen LogP contribution in [0.25, 0.3) is 6.08 Å². The van der Waals surface area contributed by atoms with E-state index in [0.717, 1.165) is 21.3 Å². The number of amides is 1. The molecule has 0 radical (unpaired) electrons. The van der Waals surface area contributed by atoms with Gasteiger partial charge in [0.1, 0.15) is 5.75 Å². The fourth-order valence-electron chi connectivity index (χ4n) is 2.40. The molecule has 0 unspecified atom stereocenters. The van der Waals surface area contributed by atoms with Gasteiger partial charge in [0, 0.05) is 13.5 Å². The molecule has 136 valence electrons. The van der Waals surface area contributed by atoms with E-state index in [1.54, 1.807) is 7.11 Å². The third-order valence-electron chi connectivity index (χ3n) is 4.62. The molecule has 1 aromatic rings. The van der Waals surface area contributed by atoms with Gasteiger partial charge in [-0.25, -0.2) is 0 Å². The molecule has 1 N–H and O–H groups in total. The minimum Gasteiger partial charge on any atom is -0.496 e. The average Bonchev–Trinajstić information content (AvgIpc) is 2.73. The molecule has 1 heterocycles. The smallest absolute Gasteiger partial charge is 0.492 e. The Balaban J connectivity index is 2.35. The van der Waals surface area contributed by atoms with Gasteiger partial charge in [0.25, 0.3) is 0 Å². The van der Waals surface area contributed by atoms with Crippen molar-refractivity contribution in [2.45, 2.75) is 45.8 Å². The van der Waals surface area contributed by atoms with Crippen molar-refractivity contribution in [2.24, 2.45) is 0 Å². The second-order valence-corrected chi connectivity index (χ2v) is 7.97. The van der Waals surface area contributed by atoms with E-state index in [1.165, 1.54) is 6.92 Å². The lowest BCUT2D eigenvalue weighted by molar-refractivity contribution is -0.118. The Morgan fingerprint density at radius 2 is 1.88 bits per heavy atom. The molecule has 0 spiro atoms. The summed E-state index contributed by atoms with van der Waals surface area (Å²) in [5.74, 6) is 0.636. The molecule has 1 amide bonds. The Bertz CT molecular complexity index is 672. The normalized spacial score (nSPS) is 19.0. The molecule has 0 saturated carbocycles. The third kappa shape index (κ3) is 4.66. The quantitative estimate of drug-likeness (QED) is 0.754. The van der Waals surface area contributed by atoms with Crippen LogP contribution < -0.4 is 10.1 Å². The molecule has 1 aliphatic heterocycles. The molecule has 0 bridgehead atoms. The standard InChI is InChI=1S/C18H25BBrNO4/c1-12(22)21-11-14(19-24-17(2,3)18(4,5)25-19)9-13-7-8-15(20)16(10-13)23-6/h7-10H,11H2,1-6H3,(H,21,22). The van der Waals surface area contributed by atoms with Crippen molar-refractivity contribution in [3.8, 4) is 5.75 Å². The van der Waals surface area contributed by atoms with Gasteiger partial charge in [-0.15, -0.1) is 0 Å². The molecular weight excluding hydrogens is 385 g/mol. The first kappa shape index (κ1) is 20.0. The fourth-order valence-corrected chi connectivity index (χ4v) is 2.81. The Morgan fingerprint density at radius 1 is 1.28 bits per heavy atom. The van der Waals surface area contributed by atoms with Crippen molar-refractivity contribution in [1.29, 1.82) is 0 Å². The highest BCUT2D eigenvalue weighted by Gasteiger charge is 2.52. The summed E-state index contributed by atoms with van der Waals surface area (Å²) < 4.78 is 18.5. The van der Waals surface area contributed by atoms with Gasteiger partial charge in [-0.1, -0.05) is 12.1 Å². The first-order valence-corrected chi connectivity index (χ1v) is 8.99. The number of hydrogen-bond donors (Lipinski definition) is 1. The summed E-state index contributed by atoms with van der Waals surface area (Å²) in [6, 6.07) is 5.81. The van der Waals surface area contributed by atoms with Gasteiger partial charge < -0.3 is 19.4 Å². The van der Waals surface area contributed by atoms with Crippen LogP contribution in [0.15, 0.2) is 28.1 Å². The van der Waals surface area contributed by atoms with Crippen molar-refractivity contribution >= 4 is 35.0 Å². The lowest BCUT2D eigenvalue weighted by atomic mass is 9.77. The van der Waals surface area contributed by atoms with Gasteiger partial charge in [0.2, 0.25) is 5.91 Å². The van der Waals surface area contributed by atoms with Crippen LogP contribution in [0.1, 0.15) is 40.2 Å². The summed E-state index contributed by atoms with van der Waals surface area (Å²) in [5, 5.41) is 2.83. The third-order valence-corrected chi connectivity index (χ3v) is 5.28. The Kier molecular flexibility index (Phi) is 6.02. The number of halogens is 1. The van der Waals surface area contributed by atoms with E-state index in [2.05, 4.69) is 21.2 Å². The van der Waals surface area contributed by atoms with Gasteiger partial charge in [-0.05, 0) is 66.8 Å². The molecule has 25 heavy (non-hydrogen) atoms. The number of nitrogens with one attached hydrogen (secondary N) is 1. The molecule has 1 saturated heterocycles. The Labute approximate surface area is 158 Å². The molecule has 7 heteroatoms. The van der Waals surface area contributed by atoms with Gasteiger partial charge >= 0.3 is 7.12 Å². The van der Waals surface area contributed by atoms with E-state index in [0.29, 0.717) is 6.54 Å². The van der Waals surface area contributed by atoms with Crippen molar-refractivity contribution < 1.29 is 18.8 Å². The highest BCUT2D eigenvalue weighted by atomic mass is 79.9. The highest BCUT2D eigenvalue weighted by molar-refractivity contribution is 9.10. The van der Waals surface area contributed by atoms with Crippen LogP contribution in [-0.4, -0.2) is 37.9 Å². The molecule has 0 atom stereocenters. The van der Waals surface area contributed by atoms with Crippen LogP contribution in [0.5, 0.6) is 5.75 Å². The van der Waals surface area contributed by atoms with Crippen molar-refractivity contribution in [1.82, 2.24) is 5.32 Å². The van der Waals surface area contributed by atoms with Crippen molar-refractivity contribution in [3.63, 3.8) is 0 Å². The molecule has 2 rings (SSSR count). The topological polar surface area (TPSA) is 56.8 Å². The summed E-state index contributed by atoms with van der Waals surface area (Å²) in [7, 11) is 1.10. The summed E-state index contributed by atoms with van der Waals surface area (Å²) in [4.78, 5) is 11.4. The zero-order valence-electron chi connectivity index (χ0n) is 15.6. The van der Waals surface area contributed by atoms with Crippen molar-refractivity contribution in [2.75, 3.05) is 13.7 Å². The largest absolute Gasteiger partial charge is 0.496 e. The number of benzene rings is 1. The molecule has 1 aliphatic rings. The minimum atomic E-state index is -0.522. The highest BCUT2D eigenvalue weighted by Crippen LogP contribution is 2.39. The summed E-state index contributed by atoms with van der Waals surface area (Å²) in [6.07, 6.45) is 1.97. The number of rotatable bonds is 5. The summed E-state index contributed by atoms with van der Waals surface area (Å²) in [6.45, 7) is 9.86. The van der Waals surface area contributed by atoms with E-state index in [9.17, 15) is 4.79 Å². The molecule has 1 aromatic carbocycles. The maximum atomic E-state index is 11.4. The molecular formula is C18H25BBrNO4. The van der Waals surface area contributed by atoms with Crippen LogP contribution in [0, 0.1) is 0 Å². The lowest BCUT2D eigenvalue weighted by Gasteiger charge is -2.32. The number of carbonyl (C=O) groups is 1. The van der Waals surface area contributed by atoms with Crippen LogP contribution in [0.2, 0.25) is 0 Å². The Hall–Kier alpha value is -1.31. The zero-order chi connectivity index (χ0) is 18.8. The maximum Gasteiger partial charge on any atom is 0.492 e. The van der Waals surface area contributed by atoms with E-state index >= 15 is 0 Å². The average molecular weight is 410 g/mol. The van der Waals surface area contributed by atoms with Crippen LogP contribution >= 0.6 is 15.9 Å². The molecule has 0 aromatic heterocycles. The van der Waals surface area contributed by atoms with E-state index in [1.807, 2.05) is 52.0 Å². The molecule has 0 aliphatic carbocycles. The zero-order valence-corrected chi connectivity index (χ0v) is 17.2. The van der Waals surface area contributed by atoms with E-state index in [-0.39, 0.29) is 5.91 Å².